The first-order valence-electron chi connectivity index (χ1n) is 17.9. The van der Waals surface area contributed by atoms with Gasteiger partial charge in [0.15, 0.2) is 0 Å². The standard InChI is InChI=1S/C46H39N5O/c1-33(34-16-6-2-7-17-34)48-44(52)39-26-27-42-46(40-24-14-15-25-41(40)49-43(39)46)51(32-50(42)38-28-30-47-31-29-38)45(35-18-8-3-9-19-35,36-20-10-4-11-21-36)37-22-12-5-13-23-37/h2-31,33,42,49H,32H2,1H3,(H,48,52)/t33?,42-,46?/m1/s1. The van der Waals surface area contributed by atoms with Crippen LogP contribution in [-0.2, 0) is 15.9 Å². The summed E-state index contributed by atoms with van der Waals surface area (Å²) >= 11 is 0. The molecule has 0 radical (unpaired) electrons. The summed E-state index contributed by atoms with van der Waals surface area (Å²) in [5, 5.41) is 7.20. The molecule has 3 aliphatic rings. The second kappa shape index (κ2) is 12.8. The SMILES string of the molecule is CC(NC(=O)C1=C2Nc3ccccc3C23[C@@H](C=C1)N(c1ccncc1)CN3C(c1ccccc1)(c1ccccc1)c1ccccc1)c1ccccc1. The molecule has 1 aromatic heterocycles. The van der Waals surface area contributed by atoms with Crippen LogP contribution in [0.3, 0.4) is 0 Å². The van der Waals surface area contributed by atoms with Gasteiger partial charge in [0.25, 0.3) is 5.91 Å². The van der Waals surface area contributed by atoms with Crippen molar-refractivity contribution in [2.24, 2.45) is 0 Å². The Morgan fingerprint density at radius 1 is 0.750 bits per heavy atom. The van der Waals surface area contributed by atoms with Crippen LogP contribution >= 0.6 is 0 Å². The van der Waals surface area contributed by atoms with Crippen LogP contribution in [0, 0.1) is 0 Å². The third-order valence-electron chi connectivity index (χ3n) is 11.0. The number of aromatic nitrogens is 1. The van der Waals surface area contributed by atoms with Gasteiger partial charge in [-0.1, -0.05) is 146 Å². The summed E-state index contributed by atoms with van der Waals surface area (Å²) in [6, 6.07) is 55.0. The average Bonchev–Trinajstić information content (AvgIpc) is 3.75. The maximum atomic E-state index is 14.7. The van der Waals surface area contributed by atoms with E-state index in [2.05, 4.69) is 171 Å². The van der Waals surface area contributed by atoms with Gasteiger partial charge in [-0.3, -0.25) is 14.7 Å². The molecule has 52 heavy (non-hydrogen) atoms. The van der Waals surface area contributed by atoms with Gasteiger partial charge in [0.2, 0.25) is 0 Å². The van der Waals surface area contributed by atoms with Crippen molar-refractivity contribution in [3.8, 4) is 0 Å². The molecule has 5 aromatic carbocycles. The highest BCUT2D eigenvalue weighted by molar-refractivity contribution is 6.00. The van der Waals surface area contributed by atoms with Crippen molar-refractivity contribution in [3.05, 3.63) is 221 Å². The van der Waals surface area contributed by atoms with Crippen LogP contribution in [0.4, 0.5) is 11.4 Å². The second-order valence-electron chi connectivity index (χ2n) is 13.7. The van der Waals surface area contributed by atoms with Crippen molar-refractivity contribution >= 4 is 17.3 Å². The van der Waals surface area contributed by atoms with Gasteiger partial charge in [0.05, 0.1) is 35.6 Å². The van der Waals surface area contributed by atoms with E-state index in [0.29, 0.717) is 12.2 Å². The number of carbonyl (C=O) groups excluding carboxylic acids is 1. The summed E-state index contributed by atoms with van der Waals surface area (Å²) in [6.07, 6.45) is 7.98. The summed E-state index contributed by atoms with van der Waals surface area (Å²) in [5.41, 5.74) is 7.54. The van der Waals surface area contributed by atoms with E-state index in [4.69, 9.17) is 0 Å². The van der Waals surface area contributed by atoms with Gasteiger partial charge < -0.3 is 15.5 Å². The van der Waals surface area contributed by atoms with Crippen LogP contribution < -0.4 is 15.5 Å². The number of carbonyl (C=O) groups is 1. The minimum atomic E-state index is -0.821. The quantitative estimate of drug-likeness (QED) is 0.158. The Morgan fingerprint density at radius 3 is 1.88 bits per heavy atom. The molecular formula is C46H39N5O. The monoisotopic (exact) mass is 677 g/mol. The molecule has 1 amide bonds. The van der Waals surface area contributed by atoms with Gasteiger partial charge in [-0.25, -0.2) is 0 Å². The molecule has 9 rings (SSSR count). The number of nitrogens with one attached hydrogen (secondary N) is 2. The lowest BCUT2D eigenvalue weighted by Crippen LogP contribution is -2.59. The van der Waals surface area contributed by atoms with Crippen LogP contribution in [-0.4, -0.2) is 28.5 Å². The van der Waals surface area contributed by atoms with Crippen LogP contribution in [0.15, 0.2) is 194 Å². The fourth-order valence-electron chi connectivity index (χ4n) is 8.84. The zero-order valence-corrected chi connectivity index (χ0v) is 28.9. The molecule has 6 heteroatoms. The van der Waals surface area contributed by atoms with Crippen molar-refractivity contribution in [2.45, 2.75) is 30.1 Å². The van der Waals surface area contributed by atoms with E-state index in [1.807, 2.05) is 43.6 Å². The molecule has 2 N–H and O–H groups in total. The Bertz CT molecular complexity index is 2180. The van der Waals surface area contributed by atoms with Crippen molar-refractivity contribution in [1.29, 1.82) is 0 Å². The predicted molar refractivity (Wildman–Crippen MR) is 207 cm³/mol. The minimum Gasteiger partial charge on any atom is -0.356 e. The number of hydrogen-bond donors (Lipinski definition) is 2. The van der Waals surface area contributed by atoms with Gasteiger partial charge in [0, 0.05) is 29.3 Å². The van der Waals surface area contributed by atoms with Gasteiger partial charge in [-0.05, 0) is 53.5 Å². The number of hydrogen-bond acceptors (Lipinski definition) is 5. The van der Waals surface area contributed by atoms with E-state index in [9.17, 15) is 4.79 Å². The molecule has 3 atom stereocenters. The number of fused-ring (bicyclic) bond motifs is 1. The lowest BCUT2D eigenvalue weighted by atomic mass is 9.69. The highest BCUT2D eigenvalue weighted by atomic mass is 16.1. The Kier molecular flexibility index (Phi) is 7.82. The summed E-state index contributed by atoms with van der Waals surface area (Å²) in [4.78, 5) is 24.2. The average molecular weight is 678 g/mol. The molecule has 2 unspecified atom stereocenters. The van der Waals surface area contributed by atoms with Crippen molar-refractivity contribution in [1.82, 2.24) is 15.2 Å². The number of amides is 1. The smallest absolute Gasteiger partial charge is 0.253 e. The van der Waals surface area contributed by atoms with E-state index >= 15 is 0 Å². The number of pyridine rings is 1. The molecule has 2 aliphatic heterocycles. The fourth-order valence-corrected chi connectivity index (χ4v) is 8.84. The molecule has 1 saturated heterocycles. The number of nitrogens with zero attached hydrogens (tertiary/aromatic N) is 3. The summed E-state index contributed by atoms with van der Waals surface area (Å²) in [6.45, 7) is 2.59. The number of anilines is 2. The summed E-state index contributed by atoms with van der Waals surface area (Å²) in [5.74, 6) is -0.118. The van der Waals surface area contributed by atoms with Gasteiger partial charge in [-0.15, -0.1) is 0 Å². The maximum Gasteiger partial charge on any atom is 0.253 e. The summed E-state index contributed by atoms with van der Waals surface area (Å²) in [7, 11) is 0. The van der Waals surface area contributed by atoms with E-state index < -0.39 is 11.1 Å². The van der Waals surface area contributed by atoms with Crippen molar-refractivity contribution < 1.29 is 4.79 Å². The van der Waals surface area contributed by atoms with Gasteiger partial charge >= 0.3 is 0 Å². The van der Waals surface area contributed by atoms with Crippen molar-refractivity contribution in [3.63, 3.8) is 0 Å². The zero-order chi connectivity index (χ0) is 35.1. The molecule has 1 spiro atoms. The van der Waals surface area contributed by atoms with Crippen molar-refractivity contribution in [2.75, 3.05) is 16.9 Å². The van der Waals surface area contributed by atoms with Crippen LogP contribution in [0.25, 0.3) is 0 Å². The van der Waals surface area contributed by atoms with E-state index in [0.717, 1.165) is 44.9 Å². The first-order chi connectivity index (χ1) is 25.6. The molecule has 6 nitrogen and oxygen atoms in total. The Labute approximate surface area is 304 Å². The third-order valence-corrected chi connectivity index (χ3v) is 11.0. The number of para-hydroxylation sites is 1. The number of benzene rings is 5. The Morgan fingerprint density at radius 2 is 1.29 bits per heavy atom. The summed E-state index contributed by atoms with van der Waals surface area (Å²) < 4.78 is 0. The highest BCUT2D eigenvalue weighted by Crippen LogP contribution is 2.62. The Balaban J connectivity index is 1.36. The van der Waals surface area contributed by atoms with Gasteiger partial charge in [-0.2, -0.15) is 0 Å². The fraction of sp³-hybridized carbons (Fsp3) is 0.130. The Hall–Kier alpha value is -6.24. The minimum absolute atomic E-state index is 0.118. The van der Waals surface area contributed by atoms with E-state index in [1.54, 1.807) is 0 Å². The molecule has 1 fully saturated rings. The third kappa shape index (κ3) is 4.75. The largest absolute Gasteiger partial charge is 0.356 e. The van der Waals surface area contributed by atoms with E-state index in [-0.39, 0.29) is 18.0 Å². The molecule has 254 valence electrons. The lowest BCUT2D eigenvalue weighted by molar-refractivity contribution is -0.118. The second-order valence-corrected chi connectivity index (χ2v) is 13.7. The molecule has 3 heterocycles. The van der Waals surface area contributed by atoms with Crippen LogP contribution in [0.5, 0.6) is 0 Å². The van der Waals surface area contributed by atoms with Crippen LogP contribution in [0.2, 0.25) is 0 Å². The molecule has 0 bridgehead atoms. The first kappa shape index (κ1) is 31.7. The topological polar surface area (TPSA) is 60.5 Å². The van der Waals surface area contributed by atoms with Crippen LogP contribution in [0.1, 0.15) is 40.8 Å². The van der Waals surface area contributed by atoms with Gasteiger partial charge in [0.1, 0.15) is 5.54 Å². The lowest BCUT2D eigenvalue weighted by Gasteiger charge is -2.52. The highest BCUT2D eigenvalue weighted by Gasteiger charge is 2.66. The zero-order valence-electron chi connectivity index (χ0n) is 28.9. The predicted octanol–water partition coefficient (Wildman–Crippen LogP) is 8.54. The van der Waals surface area contributed by atoms with E-state index in [1.165, 1.54) is 0 Å². The maximum absolute atomic E-state index is 14.7. The number of rotatable bonds is 8. The molecule has 1 aliphatic carbocycles. The molecular weight excluding hydrogens is 639 g/mol. The molecule has 0 saturated carbocycles. The molecule has 6 aromatic rings. The normalized spacial score (nSPS) is 19.7. The first-order valence-corrected chi connectivity index (χ1v) is 17.9.